The van der Waals surface area contributed by atoms with Crippen molar-refractivity contribution in [2.45, 2.75) is 57.6 Å². The lowest BCUT2D eigenvalue weighted by Gasteiger charge is -2.34. The van der Waals surface area contributed by atoms with Crippen LogP contribution in [-0.4, -0.2) is 41.3 Å². The molecule has 3 fully saturated rings. The number of aliphatic hydroxyl groups excluding tert-OH is 1. The smallest absolute Gasteiger partial charge is 0.317 e. The molecule has 2 aliphatic carbocycles. The van der Waals surface area contributed by atoms with E-state index in [1.54, 1.807) is 4.90 Å². The molecule has 19 heavy (non-hydrogen) atoms. The Kier molecular flexibility index (Phi) is 3.70. The lowest BCUT2D eigenvalue weighted by molar-refractivity contribution is 0.0820. The van der Waals surface area contributed by atoms with E-state index in [-0.39, 0.29) is 18.2 Å². The van der Waals surface area contributed by atoms with Gasteiger partial charge in [-0.15, -0.1) is 0 Å². The Morgan fingerprint density at radius 1 is 1.32 bits per heavy atom. The number of hydrogen-bond acceptors (Lipinski definition) is 2. The Hall–Kier alpha value is -0.770. The van der Waals surface area contributed by atoms with Gasteiger partial charge in [-0.05, 0) is 56.8 Å². The second-order valence-corrected chi connectivity index (χ2v) is 6.82. The molecule has 1 aliphatic heterocycles. The van der Waals surface area contributed by atoms with Crippen LogP contribution in [0.3, 0.4) is 0 Å². The zero-order valence-corrected chi connectivity index (χ0v) is 11.8. The molecule has 2 bridgehead atoms. The van der Waals surface area contributed by atoms with Gasteiger partial charge in [0, 0.05) is 19.1 Å². The molecule has 1 saturated heterocycles. The number of nitrogens with zero attached hydrogens (tertiary/aromatic N) is 1. The predicted octanol–water partition coefficient (Wildman–Crippen LogP) is 1.98. The third kappa shape index (κ3) is 2.73. The van der Waals surface area contributed by atoms with Gasteiger partial charge in [-0.3, -0.25) is 0 Å². The maximum absolute atomic E-state index is 12.2. The van der Waals surface area contributed by atoms with E-state index in [1.165, 1.54) is 25.7 Å². The summed E-state index contributed by atoms with van der Waals surface area (Å²) in [4.78, 5) is 14.0. The Morgan fingerprint density at radius 3 is 2.79 bits per heavy atom. The summed E-state index contributed by atoms with van der Waals surface area (Å²) in [6.45, 7) is 3.44. The van der Waals surface area contributed by atoms with Gasteiger partial charge in [0.25, 0.3) is 0 Å². The highest BCUT2D eigenvalue weighted by atomic mass is 16.3. The van der Waals surface area contributed by atoms with Crippen molar-refractivity contribution >= 4 is 6.03 Å². The van der Waals surface area contributed by atoms with Crippen LogP contribution in [0, 0.1) is 17.8 Å². The average Bonchev–Trinajstić information content (AvgIpc) is 3.00. The van der Waals surface area contributed by atoms with E-state index >= 15 is 0 Å². The number of hydrogen-bond donors (Lipinski definition) is 2. The van der Waals surface area contributed by atoms with Gasteiger partial charge in [0.2, 0.25) is 0 Å². The number of fused-ring (bicyclic) bond motifs is 2. The molecule has 0 aromatic carbocycles. The van der Waals surface area contributed by atoms with Crippen LogP contribution in [0.2, 0.25) is 0 Å². The minimum atomic E-state index is -0.336. The summed E-state index contributed by atoms with van der Waals surface area (Å²) in [6, 6.07) is 0.302. The first-order chi connectivity index (χ1) is 9.13. The Labute approximate surface area is 115 Å². The number of rotatable bonds is 2. The average molecular weight is 266 g/mol. The fourth-order valence-electron chi connectivity index (χ4n) is 4.44. The van der Waals surface area contributed by atoms with E-state index in [0.29, 0.717) is 12.5 Å². The standard InChI is InChI=1S/C15H26N2O2/c1-10(14-8-11-4-5-12(14)7-11)16-15(19)17-6-2-3-13(18)9-17/h10-14,18H,2-9H2,1H3,(H,16,19). The van der Waals surface area contributed by atoms with Crippen molar-refractivity contribution in [3.63, 3.8) is 0 Å². The molecule has 1 heterocycles. The van der Waals surface area contributed by atoms with Gasteiger partial charge in [0.05, 0.1) is 6.10 Å². The molecule has 5 atom stereocenters. The first kappa shape index (κ1) is 13.2. The predicted molar refractivity (Wildman–Crippen MR) is 73.7 cm³/mol. The number of β-amino-alcohol motifs (C(OH)–C–C–N with tert-alkyl or cyclic N) is 1. The molecule has 4 nitrogen and oxygen atoms in total. The number of nitrogens with one attached hydrogen (secondary N) is 1. The van der Waals surface area contributed by atoms with Crippen LogP contribution in [0.4, 0.5) is 4.79 Å². The largest absolute Gasteiger partial charge is 0.391 e. The van der Waals surface area contributed by atoms with Crippen LogP contribution in [0.5, 0.6) is 0 Å². The lowest BCUT2D eigenvalue weighted by atomic mass is 9.84. The summed E-state index contributed by atoms with van der Waals surface area (Å²) < 4.78 is 0. The van der Waals surface area contributed by atoms with E-state index in [9.17, 15) is 9.90 Å². The maximum Gasteiger partial charge on any atom is 0.317 e. The summed E-state index contributed by atoms with van der Waals surface area (Å²) in [6.07, 6.45) is 6.85. The number of carbonyl (C=O) groups excluding carboxylic acids is 1. The summed E-state index contributed by atoms with van der Waals surface area (Å²) in [7, 11) is 0. The van der Waals surface area contributed by atoms with Crippen molar-refractivity contribution in [2.75, 3.05) is 13.1 Å². The number of carbonyl (C=O) groups is 1. The third-order valence-electron chi connectivity index (χ3n) is 5.47. The summed E-state index contributed by atoms with van der Waals surface area (Å²) in [5.74, 6) is 2.44. The molecule has 2 saturated carbocycles. The van der Waals surface area contributed by atoms with Gasteiger partial charge in [0.1, 0.15) is 0 Å². The van der Waals surface area contributed by atoms with Crippen molar-refractivity contribution in [3.8, 4) is 0 Å². The fraction of sp³-hybridized carbons (Fsp3) is 0.933. The molecule has 4 heteroatoms. The van der Waals surface area contributed by atoms with Gasteiger partial charge in [-0.25, -0.2) is 4.79 Å². The fourth-order valence-corrected chi connectivity index (χ4v) is 4.44. The van der Waals surface area contributed by atoms with Gasteiger partial charge in [0.15, 0.2) is 0 Å². The van der Waals surface area contributed by atoms with Crippen LogP contribution in [0.15, 0.2) is 0 Å². The van der Waals surface area contributed by atoms with Crippen molar-refractivity contribution in [3.05, 3.63) is 0 Å². The van der Waals surface area contributed by atoms with Gasteiger partial charge < -0.3 is 15.3 Å². The SMILES string of the molecule is CC(NC(=O)N1CCCC(O)C1)C1CC2CCC1C2. The molecule has 108 valence electrons. The van der Waals surface area contributed by atoms with Crippen molar-refractivity contribution in [1.82, 2.24) is 10.2 Å². The van der Waals surface area contributed by atoms with E-state index in [4.69, 9.17) is 0 Å². The van der Waals surface area contributed by atoms with Crippen LogP contribution >= 0.6 is 0 Å². The minimum Gasteiger partial charge on any atom is -0.391 e. The zero-order chi connectivity index (χ0) is 13.4. The zero-order valence-electron chi connectivity index (χ0n) is 11.8. The van der Waals surface area contributed by atoms with Crippen LogP contribution in [-0.2, 0) is 0 Å². The molecule has 0 spiro atoms. The van der Waals surface area contributed by atoms with Crippen molar-refractivity contribution in [1.29, 1.82) is 0 Å². The third-order valence-corrected chi connectivity index (χ3v) is 5.47. The topological polar surface area (TPSA) is 52.6 Å². The number of likely N-dealkylation sites (tertiary alicyclic amines) is 1. The van der Waals surface area contributed by atoms with Crippen LogP contribution in [0.25, 0.3) is 0 Å². The number of aliphatic hydroxyl groups is 1. The molecule has 0 aromatic heterocycles. The molecule has 3 rings (SSSR count). The minimum absolute atomic E-state index is 0.0222. The van der Waals surface area contributed by atoms with Crippen LogP contribution in [0.1, 0.15) is 45.4 Å². The highest BCUT2D eigenvalue weighted by Crippen LogP contribution is 2.49. The quantitative estimate of drug-likeness (QED) is 0.803. The van der Waals surface area contributed by atoms with Gasteiger partial charge in [-0.2, -0.15) is 0 Å². The molecule has 2 N–H and O–H groups in total. The molecule has 5 unspecified atom stereocenters. The lowest BCUT2D eigenvalue weighted by Crippen LogP contribution is -2.51. The number of amides is 2. The summed E-state index contributed by atoms with van der Waals surface area (Å²) in [5.41, 5.74) is 0. The highest BCUT2D eigenvalue weighted by molar-refractivity contribution is 5.74. The van der Waals surface area contributed by atoms with Crippen molar-refractivity contribution < 1.29 is 9.90 Å². The molecular weight excluding hydrogens is 240 g/mol. The second kappa shape index (κ2) is 5.31. The molecular formula is C15H26N2O2. The van der Waals surface area contributed by atoms with E-state index in [2.05, 4.69) is 12.2 Å². The normalized spacial score (nSPS) is 39.4. The first-order valence-electron chi connectivity index (χ1n) is 7.87. The van der Waals surface area contributed by atoms with E-state index < -0.39 is 0 Å². The molecule has 0 aromatic rings. The molecule has 0 radical (unpaired) electrons. The van der Waals surface area contributed by atoms with Gasteiger partial charge in [-0.1, -0.05) is 6.42 Å². The monoisotopic (exact) mass is 266 g/mol. The highest BCUT2D eigenvalue weighted by Gasteiger charge is 2.42. The number of urea groups is 1. The van der Waals surface area contributed by atoms with Crippen LogP contribution < -0.4 is 5.32 Å². The molecule has 2 amide bonds. The summed E-state index contributed by atoms with van der Waals surface area (Å²) in [5, 5.41) is 12.8. The van der Waals surface area contributed by atoms with Crippen molar-refractivity contribution in [2.24, 2.45) is 17.8 Å². The second-order valence-electron chi connectivity index (χ2n) is 6.82. The van der Waals surface area contributed by atoms with E-state index in [0.717, 1.165) is 31.2 Å². The maximum atomic E-state index is 12.2. The Bertz CT molecular complexity index is 347. The van der Waals surface area contributed by atoms with Gasteiger partial charge >= 0.3 is 6.03 Å². The summed E-state index contributed by atoms with van der Waals surface area (Å²) >= 11 is 0. The number of piperidine rings is 1. The first-order valence-corrected chi connectivity index (χ1v) is 7.87. The Morgan fingerprint density at radius 2 is 2.16 bits per heavy atom. The van der Waals surface area contributed by atoms with E-state index in [1.807, 2.05) is 0 Å². The Balaban J connectivity index is 1.51. The molecule has 3 aliphatic rings.